The van der Waals surface area contributed by atoms with Gasteiger partial charge in [-0.3, -0.25) is 5.32 Å². The molecule has 1 aliphatic rings. The standard InChI is InChI=1S/C10H15N3O2S/c1-6-3-13(4-8(6)14)10(15)12-9-11-7(2)5-16-9/h5-6,8,14H,3-4H2,1-2H3,(H,11,12,15). The Kier molecular flexibility index (Phi) is 3.11. The van der Waals surface area contributed by atoms with E-state index < -0.39 is 6.10 Å². The average Bonchev–Trinajstić information content (AvgIpc) is 2.75. The Morgan fingerprint density at radius 1 is 1.69 bits per heavy atom. The first-order chi connectivity index (χ1) is 7.56. The van der Waals surface area contributed by atoms with Crippen LogP contribution in [0.15, 0.2) is 5.38 Å². The first-order valence-electron chi connectivity index (χ1n) is 5.22. The predicted molar refractivity (Wildman–Crippen MR) is 62.6 cm³/mol. The Bertz CT molecular complexity index is 383. The molecule has 1 fully saturated rings. The van der Waals surface area contributed by atoms with E-state index >= 15 is 0 Å². The molecule has 2 unspecified atom stereocenters. The first-order valence-corrected chi connectivity index (χ1v) is 6.10. The number of thiazole rings is 1. The molecule has 1 saturated heterocycles. The van der Waals surface area contributed by atoms with E-state index in [1.54, 1.807) is 4.90 Å². The van der Waals surface area contributed by atoms with Gasteiger partial charge in [-0.1, -0.05) is 6.92 Å². The van der Waals surface area contributed by atoms with Gasteiger partial charge >= 0.3 is 6.03 Å². The smallest absolute Gasteiger partial charge is 0.323 e. The largest absolute Gasteiger partial charge is 0.391 e. The van der Waals surface area contributed by atoms with Crippen LogP contribution in [0, 0.1) is 12.8 Å². The van der Waals surface area contributed by atoms with Gasteiger partial charge in [0.2, 0.25) is 0 Å². The highest BCUT2D eigenvalue weighted by Crippen LogP contribution is 2.19. The lowest BCUT2D eigenvalue weighted by Gasteiger charge is -2.15. The van der Waals surface area contributed by atoms with E-state index in [0.717, 1.165) is 5.69 Å². The molecule has 1 aromatic rings. The molecule has 0 spiro atoms. The summed E-state index contributed by atoms with van der Waals surface area (Å²) >= 11 is 1.41. The number of β-amino-alcohol motifs (C(OH)–C–C–N with tert-alkyl or cyclic N) is 1. The summed E-state index contributed by atoms with van der Waals surface area (Å²) in [4.78, 5) is 17.6. The molecule has 2 heterocycles. The molecule has 2 N–H and O–H groups in total. The summed E-state index contributed by atoms with van der Waals surface area (Å²) in [6, 6.07) is -0.183. The lowest BCUT2D eigenvalue weighted by molar-refractivity contribution is 0.150. The topological polar surface area (TPSA) is 65.5 Å². The first kappa shape index (κ1) is 11.3. The van der Waals surface area contributed by atoms with Crippen molar-refractivity contribution in [1.29, 1.82) is 0 Å². The zero-order valence-electron chi connectivity index (χ0n) is 9.30. The molecular formula is C10H15N3O2S. The van der Waals surface area contributed by atoms with Gasteiger partial charge < -0.3 is 10.0 Å². The third-order valence-corrected chi connectivity index (χ3v) is 3.57. The van der Waals surface area contributed by atoms with E-state index in [9.17, 15) is 9.90 Å². The van der Waals surface area contributed by atoms with Crippen LogP contribution in [0.3, 0.4) is 0 Å². The number of urea groups is 1. The van der Waals surface area contributed by atoms with Crippen molar-refractivity contribution >= 4 is 22.5 Å². The second-order valence-electron chi connectivity index (χ2n) is 4.17. The summed E-state index contributed by atoms with van der Waals surface area (Å²) in [6.45, 7) is 4.81. The fourth-order valence-electron chi connectivity index (χ4n) is 1.70. The Balaban J connectivity index is 1.94. The third-order valence-electron chi connectivity index (χ3n) is 2.69. The molecular weight excluding hydrogens is 226 g/mol. The van der Waals surface area contributed by atoms with Crippen molar-refractivity contribution in [3.63, 3.8) is 0 Å². The zero-order valence-corrected chi connectivity index (χ0v) is 10.1. The van der Waals surface area contributed by atoms with Crippen molar-refractivity contribution in [2.24, 2.45) is 5.92 Å². The number of aliphatic hydroxyl groups is 1. The number of likely N-dealkylation sites (tertiary alicyclic amines) is 1. The lowest BCUT2D eigenvalue weighted by Crippen LogP contribution is -2.33. The number of amides is 2. The van der Waals surface area contributed by atoms with Gasteiger partial charge in [0.05, 0.1) is 11.8 Å². The van der Waals surface area contributed by atoms with Crippen LogP contribution in [0.1, 0.15) is 12.6 Å². The Labute approximate surface area is 98.1 Å². The summed E-state index contributed by atoms with van der Waals surface area (Å²) in [7, 11) is 0. The van der Waals surface area contributed by atoms with Gasteiger partial charge in [0, 0.05) is 24.4 Å². The van der Waals surface area contributed by atoms with Crippen LogP contribution < -0.4 is 5.32 Å². The van der Waals surface area contributed by atoms with Crippen molar-refractivity contribution in [3.05, 3.63) is 11.1 Å². The number of nitrogens with one attached hydrogen (secondary N) is 1. The minimum Gasteiger partial charge on any atom is -0.391 e. The maximum absolute atomic E-state index is 11.8. The number of aromatic nitrogens is 1. The van der Waals surface area contributed by atoms with Gasteiger partial charge in [-0.15, -0.1) is 11.3 Å². The van der Waals surface area contributed by atoms with E-state index in [1.807, 2.05) is 19.2 Å². The number of anilines is 1. The fraction of sp³-hybridized carbons (Fsp3) is 0.600. The van der Waals surface area contributed by atoms with Crippen molar-refractivity contribution < 1.29 is 9.90 Å². The zero-order chi connectivity index (χ0) is 11.7. The average molecular weight is 241 g/mol. The molecule has 2 rings (SSSR count). The maximum atomic E-state index is 11.8. The third kappa shape index (κ3) is 2.33. The minimum atomic E-state index is -0.413. The summed E-state index contributed by atoms with van der Waals surface area (Å²) in [5, 5.41) is 14.8. The molecule has 0 aromatic carbocycles. The SMILES string of the molecule is Cc1csc(NC(=O)N2CC(C)C(O)C2)n1. The van der Waals surface area contributed by atoms with Gasteiger partial charge in [-0.2, -0.15) is 0 Å². The van der Waals surface area contributed by atoms with Crippen molar-refractivity contribution in [2.45, 2.75) is 20.0 Å². The fourth-order valence-corrected chi connectivity index (χ4v) is 2.38. The number of rotatable bonds is 1. The van der Waals surface area contributed by atoms with Crippen molar-refractivity contribution in [3.8, 4) is 0 Å². The molecule has 0 radical (unpaired) electrons. The highest BCUT2D eigenvalue weighted by Gasteiger charge is 2.31. The molecule has 0 aliphatic carbocycles. The van der Waals surface area contributed by atoms with Crippen LogP contribution in [0.25, 0.3) is 0 Å². The van der Waals surface area contributed by atoms with Gasteiger partial charge in [0.1, 0.15) is 0 Å². The van der Waals surface area contributed by atoms with Crippen LogP contribution in [0.4, 0.5) is 9.93 Å². The highest BCUT2D eigenvalue weighted by molar-refractivity contribution is 7.13. The van der Waals surface area contributed by atoms with Crippen LogP contribution in [-0.4, -0.2) is 40.2 Å². The molecule has 0 bridgehead atoms. The Hall–Kier alpha value is -1.14. The molecule has 6 heteroatoms. The van der Waals surface area contributed by atoms with Crippen LogP contribution in [0.2, 0.25) is 0 Å². The number of carbonyl (C=O) groups excluding carboxylic acids is 1. The van der Waals surface area contributed by atoms with Gasteiger partial charge in [-0.05, 0) is 6.92 Å². The van der Waals surface area contributed by atoms with E-state index in [-0.39, 0.29) is 11.9 Å². The molecule has 1 aromatic heterocycles. The Morgan fingerprint density at radius 3 is 2.94 bits per heavy atom. The van der Waals surface area contributed by atoms with E-state index in [2.05, 4.69) is 10.3 Å². The minimum absolute atomic E-state index is 0.142. The monoisotopic (exact) mass is 241 g/mol. The second-order valence-corrected chi connectivity index (χ2v) is 5.03. The molecule has 5 nitrogen and oxygen atoms in total. The molecule has 2 amide bonds. The maximum Gasteiger partial charge on any atom is 0.323 e. The van der Waals surface area contributed by atoms with Crippen molar-refractivity contribution in [1.82, 2.24) is 9.88 Å². The number of aryl methyl sites for hydroxylation is 1. The number of aliphatic hydroxyl groups excluding tert-OH is 1. The number of hydrogen-bond donors (Lipinski definition) is 2. The quantitative estimate of drug-likeness (QED) is 0.778. The van der Waals surface area contributed by atoms with E-state index in [1.165, 1.54) is 11.3 Å². The van der Waals surface area contributed by atoms with Crippen LogP contribution in [0.5, 0.6) is 0 Å². The molecule has 0 saturated carbocycles. The number of nitrogens with zero attached hydrogens (tertiary/aromatic N) is 2. The van der Waals surface area contributed by atoms with E-state index in [0.29, 0.717) is 18.2 Å². The normalized spacial score (nSPS) is 24.8. The van der Waals surface area contributed by atoms with Gasteiger partial charge in [0.15, 0.2) is 5.13 Å². The highest BCUT2D eigenvalue weighted by atomic mass is 32.1. The molecule has 1 aliphatic heterocycles. The van der Waals surface area contributed by atoms with Gasteiger partial charge in [0.25, 0.3) is 0 Å². The number of carbonyl (C=O) groups is 1. The van der Waals surface area contributed by atoms with Crippen LogP contribution >= 0.6 is 11.3 Å². The van der Waals surface area contributed by atoms with Gasteiger partial charge in [-0.25, -0.2) is 9.78 Å². The molecule has 16 heavy (non-hydrogen) atoms. The predicted octanol–water partition coefficient (Wildman–Crippen LogP) is 1.30. The second kappa shape index (κ2) is 4.39. The molecule has 88 valence electrons. The lowest BCUT2D eigenvalue weighted by atomic mass is 10.1. The Morgan fingerprint density at radius 2 is 2.44 bits per heavy atom. The summed E-state index contributed by atoms with van der Waals surface area (Å²) in [6.07, 6.45) is -0.413. The summed E-state index contributed by atoms with van der Waals surface area (Å²) < 4.78 is 0. The molecule has 2 atom stereocenters. The van der Waals surface area contributed by atoms with Crippen molar-refractivity contribution in [2.75, 3.05) is 18.4 Å². The summed E-state index contributed by atoms with van der Waals surface area (Å²) in [5.41, 5.74) is 0.898. The van der Waals surface area contributed by atoms with Crippen LogP contribution in [-0.2, 0) is 0 Å². The number of hydrogen-bond acceptors (Lipinski definition) is 4. The summed E-state index contributed by atoms with van der Waals surface area (Å²) in [5.74, 6) is 0.142. The van der Waals surface area contributed by atoms with E-state index in [4.69, 9.17) is 0 Å².